The quantitative estimate of drug-likeness (QED) is 0.765. The van der Waals surface area contributed by atoms with Crippen LogP contribution in [0.25, 0.3) is 0 Å². The number of nitrogens with one attached hydrogen (secondary N) is 1. The maximum atomic E-state index is 12.5. The Balaban J connectivity index is 1.61. The Labute approximate surface area is 140 Å². The number of rotatable bonds is 7. The summed E-state index contributed by atoms with van der Waals surface area (Å²) in [5.41, 5.74) is 3.32. The lowest BCUT2D eigenvalue weighted by atomic mass is 10.0. The van der Waals surface area contributed by atoms with Crippen molar-refractivity contribution in [2.45, 2.75) is 25.4 Å². The van der Waals surface area contributed by atoms with Gasteiger partial charge in [0, 0.05) is 17.7 Å². The number of ether oxygens (including phenoxy) is 1. The van der Waals surface area contributed by atoms with E-state index in [-0.39, 0.29) is 18.4 Å². The third-order valence-electron chi connectivity index (χ3n) is 3.95. The highest BCUT2D eigenvalue weighted by Gasteiger charge is 2.28. The molecule has 1 atom stereocenters. The molecule has 5 heteroatoms. The SMILES string of the molecule is O=C(O)CCCc1ccc(NC(=O)c2ccccc2C2CO2)cc1. The number of carbonyl (C=O) groups excluding carboxylic acids is 1. The van der Waals surface area contributed by atoms with Crippen LogP contribution >= 0.6 is 0 Å². The van der Waals surface area contributed by atoms with Gasteiger partial charge in [0.05, 0.1) is 6.61 Å². The average molecular weight is 325 g/mol. The Kier molecular flexibility index (Phi) is 4.91. The fraction of sp³-hybridized carbons (Fsp3) is 0.263. The average Bonchev–Trinajstić information content (AvgIpc) is 3.41. The Morgan fingerprint density at radius 1 is 1.12 bits per heavy atom. The molecule has 0 saturated carbocycles. The van der Waals surface area contributed by atoms with Crippen LogP contribution in [0.2, 0.25) is 0 Å². The van der Waals surface area contributed by atoms with E-state index >= 15 is 0 Å². The Hall–Kier alpha value is -2.66. The number of amides is 1. The summed E-state index contributed by atoms with van der Waals surface area (Å²) >= 11 is 0. The van der Waals surface area contributed by atoms with Crippen molar-refractivity contribution in [1.29, 1.82) is 0 Å². The zero-order valence-corrected chi connectivity index (χ0v) is 13.2. The van der Waals surface area contributed by atoms with Crippen LogP contribution in [-0.4, -0.2) is 23.6 Å². The number of carbonyl (C=O) groups is 2. The van der Waals surface area contributed by atoms with E-state index in [2.05, 4.69) is 5.32 Å². The summed E-state index contributed by atoms with van der Waals surface area (Å²) in [5.74, 6) is -0.933. The van der Waals surface area contributed by atoms with Crippen molar-refractivity contribution in [2.75, 3.05) is 11.9 Å². The molecule has 3 rings (SSSR count). The maximum Gasteiger partial charge on any atom is 0.303 e. The van der Waals surface area contributed by atoms with Gasteiger partial charge in [-0.2, -0.15) is 0 Å². The van der Waals surface area contributed by atoms with Gasteiger partial charge in [-0.3, -0.25) is 9.59 Å². The second kappa shape index (κ2) is 7.27. The highest BCUT2D eigenvalue weighted by Crippen LogP contribution is 2.32. The zero-order chi connectivity index (χ0) is 16.9. The topological polar surface area (TPSA) is 78.9 Å². The van der Waals surface area contributed by atoms with Gasteiger partial charge in [0.15, 0.2) is 0 Å². The van der Waals surface area contributed by atoms with Gasteiger partial charge in [-0.15, -0.1) is 0 Å². The first kappa shape index (κ1) is 16.2. The van der Waals surface area contributed by atoms with Gasteiger partial charge in [0.25, 0.3) is 5.91 Å². The minimum atomic E-state index is -0.780. The van der Waals surface area contributed by atoms with Gasteiger partial charge in [-0.05, 0) is 42.2 Å². The molecule has 5 nitrogen and oxygen atoms in total. The normalized spacial score (nSPS) is 15.8. The summed E-state index contributed by atoms with van der Waals surface area (Å²) in [6.07, 6.45) is 1.51. The van der Waals surface area contributed by atoms with Gasteiger partial charge < -0.3 is 15.2 Å². The van der Waals surface area contributed by atoms with Crippen LogP contribution in [0.15, 0.2) is 48.5 Å². The van der Waals surface area contributed by atoms with Gasteiger partial charge >= 0.3 is 5.97 Å². The number of carboxylic acid groups (broad SMARTS) is 1. The Bertz CT molecular complexity index is 735. The molecule has 0 spiro atoms. The van der Waals surface area contributed by atoms with E-state index in [0.717, 1.165) is 11.1 Å². The molecule has 0 bridgehead atoms. The van der Waals surface area contributed by atoms with Crippen LogP contribution < -0.4 is 5.32 Å². The Morgan fingerprint density at radius 2 is 1.83 bits per heavy atom. The third kappa shape index (κ3) is 4.20. The van der Waals surface area contributed by atoms with Crippen molar-refractivity contribution in [3.05, 3.63) is 65.2 Å². The van der Waals surface area contributed by atoms with Crippen molar-refractivity contribution < 1.29 is 19.4 Å². The third-order valence-corrected chi connectivity index (χ3v) is 3.95. The standard InChI is InChI=1S/C19H19NO4/c21-18(22)7-3-4-13-8-10-14(11-9-13)20-19(23)16-6-2-1-5-15(16)17-12-24-17/h1-2,5-6,8-11,17H,3-4,7,12H2,(H,20,23)(H,21,22). The molecule has 2 N–H and O–H groups in total. The molecule has 0 aliphatic carbocycles. The summed E-state index contributed by atoms with van der Waals surface area (Å²) in [6.45, 7) is 0.662. The van der Waals surface area contributed by atoms with Crippen LogP contribution in [0.5, 0.6) is 0 Å². The fourth-order valence-electron chi connectivity index (χ4n) is 2.61. The fourth-order valence-corrected chi connectivity index (χ4v) is 2.61. The highest BCUT2D eigenvalue weighted by atomic mass is 16.6. The molecule has 0 radical (unpaired) electrons. The highest BCUT2D eigenvalue weighted by molar-refractivity contribution is 6.05. The Morgan fingerprint density at radius 3 is 2.50 bits per heavy atom. The van der Waals surface area contributed by atoms with Crippen LogP contribution in [-0.2, 0) is 16.0 Å². The summed E-state index contributed by atoms with van der Waals surface area (Å²) in [4.78, 5) is 23.0. The lowest BCUT2D eigenvalue weighted by molar-refractivity contribution is -0.137. The number of epoxide rings is 1. The number of anilines is 1. The smallest absolute Gasteiger partial charge is 0.303 e. The van der Waals surface area contributed by atoms with E-state index < -0.39 is 5.97 Å². The number of carboxylic acids is 1. The van der Waals surface area contributed by atoms with Crippen LogP contribution in [0.4, 0.5) is 5.69 Å². The summed E-state index contributed by atoms with van der Waals surface area (Å²) in [6, 6.07) is 15.0. The number of aryl methyl sites for hydroxylation is 1. The van der Waals surface area contributed by atoms with Crippen LogP contribution in [0.3, 0.4) is 0 Å². The maximum absolute atomic E-state index is 12.5. The predicted octanol–water partition coefficient (Wildman–Crippen LogP) is 3.42. The van der Waals surface area contributed by atoms with E-state index in [1.807, 2.05) is 42.5 Å². The minimum absolute atomic E-state index is 0.0311. The first-order chi connectivity index (χ1) is 11.6. The van der Waals surface area contributed by atoms with Gasteiger partial charge in [-0.1, -0.05) is 30.3 Å². The second-order valence-electron chi connectivity index (χ2n) is 5.81. The molecule has 1 aliphatic rings. The summed E-state index contributed by atoms with van der Waals surface area (Å²) in [5, 5.41) is 11.5. The molecule has 1 unspecified atom stereocenters. The minimum Gasteiger partial charge on any atom is -0.481 e. The van der Waals surface area contributed by atoms with E-state index in [0.29, 0.717) is 30.7 Å². The molecule has 2 aromatic rings. The molecule has 1 saturated heterocycles. The molecule has 2 aromatic carbocycles. The number of hydrogen-bond acceptors (Lipinski definition) is 3. The van der Waals surface area contributed by atoms with Crippen molar-refractivity contribution in [3.63, 3.8) is 0 Å². The van der Waals surface area contributed by atoms with Gasteiger partial charge in [-0.25, -0.2) is 0 Å². The number of benzene rings is 2. The van der Waals surface area contributed by atoms with Crippen LogP contribution in [0, 0.1) is 0 Å². The van der Waals surface area contributed by atoms with Gasteiger partial charge in [0.1, 0.15) is 6.10 Å². The summed E-state index contributed by atoms with van der Waals surface area (Å²) < 4.78 is 5.28. The molecule has 1 amide bonds. The largest absolute Gasteiger partial charge is 0.481 e. The lowest BCUT2D eigenvalue weighted by Crippen LogP contribution is -2.14. The zero-order valence-electron chi connectivity index (χ0n) is 13.2. The molecular weight excluding hydrogens is 306 g/mol. The first-order valence-electron chi connectivity index (χ1n) is 7.96. The molecule has 0 aromatic heterocycles. The van der Waals surface area contributed by atoms with E-state index in [4.69, 9.17) is 9.84 Å². The van der Waals surface area contributed by atoms with Crippen molar-refractivity contribution in [1.82, 2.24) is 0 Å². The van der Waals surface area contributed by atoms with E-state index in [1.165, 1.54) is 0 Å². The second-order valence-corrected chi connectivity index (χ2v) is 5.81. The predicted molar refractivity (Wildman–Crippen MR) is 90.1 cm³/mol. The molecule has 1 aliphatic heterocycles. The van der Waals surface area contributed by atoms with Crippen molar-refractivity contribution in [3.8, 4) is 0 Å². The molecular formula is C19H19NO4. The molecule has 1 heterocycles. The first-order valence-corrected chi connectivity index (χ1v) is 7.96. The van der Waals surface area contributed by atoms with Crippen LogP contribution in [0.1, 0.15) is 40.4 Å². The molecule has 1 fully saturated rings. The van der Waals surface area contributed by atoms with E-state index in [9.17, 15) is 9.59 Å². The lowest BCUT2D eigenvalue weighted by Gasteiger charge is -2.09. The van der Waals surface area contributed by atoms with Gasteiger partial charge in [0.2, 0.25) is 0 Å². The van der Waals surface area contributed by atoms with Crippen molar-refractivity contribution >= 4 is 17.6 Å². The van der Waals surface area contributed by atoms with Crippen molar-refractivity contribution in [2.24, 2.45) is 0 Å². The van der Waals surface area contributed by atoms with E-state index in [1.54, 1.807) is 6.07 Å². The molecule has 124 valence electrons. The molecule has 24 heavy (non-hydrogen) atoms. The summed E-state index contributed by atoms with van der Waals surface area (Å²) in [7, 11) is 0. The number of aliphatic carboxylic acids is 1. The number of hydrogen-bond donors (Lipinski definition) is 2. The monoisotopic (exact) mass is 325 g/mol.